The Hall–Kier alpha value is -1.67. The van der Waals surface area contributed by atoms with Gasteiger partial charge in [-0.3, -0.25) is 4.90 Å². The number of fused-ring (bicyclic) bond motifs is 2. The van der Waals surface area contributed by atoms with Crippen molar-refractivity contribution in [1.82, 2.24) is 20.2 Å². The van der Waals surface area contributed by atoms with Crippen LogP contribution in [-0.2, 0) is 4.74 Å². The Morgan fingerprint density at radius 2 is 2.08 bits per heavy atom. The van der Waals surface area contributed by atoms with Gasteiger partial charge < -0.3 is 24.6 Å². The summed E-state index contributed by atoms with van der Waals surface area (Å²) >= 11 is 9.43. The fraction of sp³-hybridized carbons (Fsp3) is 0.652. The van der Waals surface area contributed by atoms with Gasteiger partial charge in [-0.05, 0) is 35.3 Å². The maximum Gasteiger partial charge on any atom is 0.320 e. The lowest BCUT2D eigenvalue weighted by Gasteiger charge is -2.34. The summed E-state index contributed by atoms with van der Waals surface area (Å²) in [5.74, 6) is -1.65. The highest BCUT2D eigenvalue weighted by molar-refractivity contribution is 9.10. The zero-order chi connectivity index (χ0) is 26.3. The number of hydrogen-bond donors (Lipinski definition) is 2. The predicted octanol–water partition coefficient (Wildman–Crippen LogP) is 4.09. The van der Waals surface area contributed by atoms with Crippen LogP contribution in [0.3, 0.4) is 0 Å². The molecule has 3 aliphatic rings. The Bertz CT molecular complexity index is 1160. The number of benzene rings is 1. The van der Waals surface area contributed by atoms with Gasteiger partial charge in [-0.1, -0.05) is 11.6 Å². The average molecular weight is 614 g/mol. The van der Waals surface area contributed by atoms with E-state index in [-0.39, 0.29) is 51.3 Å². The highest BCUT2D eigenvalue weighted by Crippen LogP contribution is 2.45. The van der Waals surface area contributed by atoms with Gasteiger partial charge in [-0.25, -0.2) is 17.6 Å². The standard InChI is InChI=1S/C23H26BrClF4N4O4/c24-16-17(25)20(36-9-13(11-7-35-8-11)30-5-14(27)28)15-19(18(16)29)31-22(32-21(15)34)37-10-23-2-1-3-33(23)6-12(26)4-23/h11-14,30H,1-10H2,(H,31,32,34)/t12-,13?,23+/m1/s1. The van der Waals surface area contributed by atoms with Crippen molar-refractivity contribution in [2.75, 3.05) is 46.1 Å². The summed E-state index contributed by atoms with van der Waals surface area (Å²) < 4.78 is 71.4. The van der Waals surface area contributed by atoms with E-state index in [1.807, 2.05) is 4.90 Å². The molecule has 3 atom stereocenters. The first-order valence-electron chi connectivity index (χ1n) is 12.0. The number of nitrogens with one attached hydrogen (secondary N) is 1. The Morgan fingerprint density at radius 1 is 1.30 bits per heavy atom. The second-order valence-electron chi connectivity index (χ2n) is 9.70. The lowest BCUT2D eigenvalue weighted by Crippen LogP contribution is -2.50. The minimum Gasteiger partial charge on any atom is -0.493 e. The number of nitrogens with zero attached hydrogens (tertiary/aromatic N) is 3. The third-order valence-electron chi connectivity index (χ3n) is 7.29. The highest BCUT2D eigenvalue weighted by Gasteiger charge is 2.49. The van der Waals surface area contributed by atoms with Crippen LogP contribution in [0.2, 0.25) is 5.02 Å². The van der Waals surface area contributed by atoms with Gasteiger partial charge in [0.1, 0.15) is 35.3 Å². The fourth-order valence-electron chi connectivity index (χ4n) is 5.32. The number of ether oxygens (including phenoxy) is 3. The van der Waals surface area contributed by atoms with E-state index in [9.17, 15) is 18.3 Å². The lowest BCUT2D eigenvalue weighted by molar-refractivity contribution is -0.0579. The second kappa shape index (κ2) is 10.8. The van der Waals surface area contributed by atoms with Gasteiger partial charge in [0.15, 0.2) is 11.6 Å². The van der Waals surface area contributed by atoms with E-state index in [1.165, 1.54) is 0 Å². The van der Waals surface area contributed by atoms with Crippen molar-refractivity contribution in [3.63, 3.8) is 0 Å². The van der Waals surface area contributed by atoms with E-state index >= 15 is 4.39 Å². The monoisotopic (exact) mass is 612 g/mol. The molecular weight excluding hydrogens is 588 g/mol. The molecule has 204 valence electrons. The minimum absolute atomic E-state index is 0.0634. The summed E-state index contributed by atoms with van der Waals surface area (Å²) in [5, 5.41) is 13.1. The third-order valence-corrected chi connectivity index (χ3v) is 8.63. The average Bonchev–Trinajstić information content (AvgIpc) is 3.34. The van der Waals surface area contributed by atoms with Gasteiger partial charge in [0.05, 0.1) is 29.8 Å². The number of rotatable bonds is 10. The maximum atomic E-state index is 15.2. The van der Waals surface area contributed by atoms with Crippen molar-refractivity contribution >= 4 is 38.4 Å². The Balaban J connectivity index is 1.40. The van der Waals surface area contributed by atoms with Crippen LogP contribution in [0.1, 0.15) is 19.3 Å². The van der Waals surface area contributed by atoms with Crippen molar-refractivity contribution in [2.45, 2.75) is 43.4 Å². The largest absolute Gasteiger partial charge is 0.493 e. The number of aromatic nitrogens is 2. The summed E-state index contributed by atoms with van der Waals surface area (Å²) in [4.78, 5) is 10.2. The van der Waals surface area contributed by atoms with Crippen molar-refractivity contribution < 1.29 is 36.9 Å². The Labute approximate surface area is 223 Å². The topological polar surface area (TPSA) is 89.0 Å². The fourth-order valence-corrected chi connectivity index (χ4v) is 5.92. The van der Waals surface area contributed by atoms with E-state index in [0.29, 0.717) is 26.2 Å². The van der Waals surface area contributed by atoms with Crippen LogP contribution in [0.4, 0.5) is 17.6 Å². The van der Waals surface area contributed by atoms with Crippen LogP contribution in [-0.4, -0.2) is 90.2 Å². The van der Waals surface area contributed by atoms with E-state index in [0.717, 1.165) is 19.4 Å². The van der Waals surface area contributed by atoms with Crippen molar-refractivity contribution in [1.29, 1.82) is 0 Å². The Kier molecular flexibility index (Phi) is 7.88. The van der Waals surface area contributed by atoms with E-state index < -0.39 is 42.4 Å². The van der Waals surface area contributed by atoms with Crippen LogP contribution < -0.4 is 14.8 Å². The van der Waals surface area contributed by atoms with Gasteiger partial charge in [0.25, 0.3) is 6.43 Å². The van der Waals surface area contributed by atoms with Gasteiger partial charge in [0, 0.05) is 24.9 Å². The molecule has 3 fully saturated rings. The number of aromatic hydroxyl groups is 1. The first kappa shape index (κ1) is 26.9. The van der Waals surface area contributed by atoms with Crippen molar-refractivity contribution in [2.24, 2.45) is 5.92 Å². The highest BCUT2D eigenvalue weighted by atomic mass is 79.9. The zero-order valence-corrected chi connectivity index (χ0v) is 22.0. The molecule has 1 aromatic carbocycles. The first-order chi connectivity index (χ1) is 17.7. The molecule has 0 aliphatic carbocycles. The molecule has 5 rings (SSSR count). The summed E-state index contributed by atoms with van der Waals surface area (Å²) in [6.07, 6.45) is -1.50. The zero-order valence-electron chi connectivity index (χ0n) is 19.7. The molecule has 1 unspecified atom stereocenters. The van der Waals surface area contributed by atoms with Gasteiger partial charge in [0.2, 0.25) is 5.88 Å². The second-order valence-corrected chi connectivity index (χ2v) is 10.9. The molecule has 3 aliphatic heterocycles. The molecule has 2 aromatic rings. The van der Waals surface area contributed by atoms with E-state index in [1.54, 1.807) is 0 Å². The van der Waals surface area contributed by atoms with E-state index in [4.69, 9.17) is 25.8 Å². The van der Waals surface area contributed by atoms with Crippen LogP contribution in [0.25, 0.3) is 10.9 Å². The SMILES string of the molecule is Oc1nc(OC[C@@]23CCCN2C[C@H](F)C3)nc2c(F)c(Br)c(Cl)c(OCC(NCC(F)F)C3COC3)c12. The molecule has 8 nitrogen and oxygen atoms in total. The number of halogens is 6. The van der Waals surface area contributed by atoms with Crippen LogP contribution in [0.5, 0.6) is 17.6 Å². The molecule has 37 heavy (non-hydrogen) atoms. The summed E-state index contributed by atoms with van der Waals surface area (Å²) in [5.41, 5.74) is -0.778. The van der Waals surface area contributed by atoms with Gasteiger partial charge >= 0.3 is 6.01 Å². The lowest BCUT2D eigenvalue weighted by atomic mass is 9.95. The molecule has 0 saturated carbocycles. The molecule has 0 bridgehead atoms. The summed E-state index contributed by atoms with van der Waals surface area (Å²) in [6.45, 7) is 1.32. The molecule has 1 aromatic heterocycles. The molecule has 14 heteroatoms. The smallest absolute Gasteiger partial charge is 0.320 e. The number of alkyl halides is 3. The molecular formula is C23H26BrClF4N4O4. The summed E-state index contributed by atoms with van der Waals surface area (Å²) in [7, 11) is 0. The Morgan fingerprint density at radius 3 is 2.78 bits per heavy atom. The first-order valence-corrected chi connectivity index (χ1v) is 13.2. The van der Waals surface area contributed by atoms with Crippen LogP contribution in [0, 0.1) is 11.7 Å². The van der Waals surface area contributed by atoms with Crippen molar-refractivity contribution in [3.8, 4) is 17.6 Å². The quantitative estimate of drug-likeness (QED) is 0.306. The molecule has 2 N–H and O–H groups in total. The third kappa shape index (κ3) is 5.29. The maximum absolute atomic E-state index is 15.2. The molecule has 0 radical (unpaired) electrons. The normalized spacial score (nSPS) is 25.0. The predicted molar refractivity (Wildman–Crippen MR) is 130 cm³/mol. The number of hydrogen-bond acceptors (Lipinski definition) is 8. The van der Waals surface area contributed by atoms with Gasteiger partial charge in [-0.15, -0.1) is 0 Å². The molecule has 4 heterocycles. The molecule has 3 saturated heterocycles. The van der Waals surface area contributed by atoms with Crippen molar-refractivity contribution in [3.05, 3.63) is 15.3 Å². The molecule has 0 amide bonds. The van der Waals surface area contributed by atoms with Crippen LogP contribution in [0.15, 0.2) is 4.47 Å². The molecule has 0 spiro atoms. The minimum atomic E-state index is -2.56. The van der Waals surface area contributed by atoms with E-state index in [2.05, 4.69) is 31.2 Å². The van der Waals surface area contributed by atoms with Gasteiger partial charge in [-0.2, -0.15) is 9.97 Å². The van der Waals surface area contributed by atoms with Crippen LogP contribution >= 0.6 is 27.5 Å². The summed E-state index contributed by atoms with van der Waals surface area (Å²) in [6, 6.07) is -0.765.